The van der Waals surface area contributed by atoms with E-state index in [2.05, 4.69) is 5.10 Å². The molecule has 0 radical (unpaired) electrons. The summed E-state index contributed by atoms with van der Waals surface area (Å²) in [5.41, 5.74) is -0.0660. The third-order valence-corrected chi connectivity index (χ3v) is 2.85. The van der Waals surface area contributed by atoms with Gasteiger partial charge in [0.2, 0.25) is 0 Å². The molecule has 0 amide bonds. The Bertz CT molecular complexity index is 762. The lowest BCUT2D eigenvalue weighted by Crippen LogP contribution is -2.22. The average Bonchev–Trinajstić information content (AvgIpc) is 2.49. The van der Waals surface area contributed by atoms with Gasteiger partial charge in [-0.05, 0) is 12.1 Å². The lowest BCUT2D eigenvalue weighted by atomic mass is 10.2. The summed E-state index contributed by atoms with van der Waals surface area (Å²) in [5.74, 6) is 0.632. The van der Waals surface area contributed by atoms with E-state index in [0.717, 1.165) is 10.7 Å². The normalized spacial score (nSPS) is 9.95. The molecule has 0 atom stereocenters. The second kappa shape index (κ2) is 5.96. The molecule has 7 heteroatoms. The molecule has 0 fully saturated rings. The van der Waals surface area contributed by atoms with E-state index in [-0.39, 0.29) is 17.9 Å². The highest BCUT2D eigenvalue weighted by Gasteiger charge is 2.13. The summed E-state index contributed by atoms with van der Waals surface area (Å²) < 4.78 is 11.4. The predicted molar refractivity (Wildman–Crippen MR) is 73.9 cm³/mol. The Kier molecular flexibility index (Phi) is 4.09. The predicted octanol–water partition coefficient (Wildman–Crippen LogP) is 1.02. The Morgan fingerprint density at radius 3 is 2.71 bits per heavy atom. The number of hydrogen-bond acceptors (Lipinski definition) is 6. The van der Waals surface area contributed by atoms with Crippen molar-refractivity contribution in [1.82, 2.24) is 9.78 Å². The van der Waals surface area contributed by atoms with Crippen molar-refractivity contribution in [2.45, 2.75) is 6.42 Å². The van der Waals surface area contributed by atoms with Crippen LogP contribution in [-0.4, -0.2) is 29.1 Å². The molecule has 1 N–H and O–H groups in total. The lowest BCUT2D eigenvalue weighted by molar-refractivity contribution is 0.399. The van der Waals surface area contributed by atoms with Crippen LogP contribution in [0.15, 0.2) is 29.1 Å². The monoisotopic (exact) mass is 287 g/mol. The Hall–Kier alpha value is -3.01. The minimum atomic E-state index is -0.541. The fraction of sp³-hybridized carbons (Fsp3) is 0.214. The Labute approximate surface area is 120 Å². The minimum Gasteiger partial charge on any atom is -0.506 e. The van der Waals surface area contributed by atoms with Gasteiger partial charge in [0.05, 0.1) is 26.7 Å². The van der Waals surface area contributed by atoms with Gasteiger partial charge in [0.1, 0.15) is 28.6 Å². The summed E-state index contributed by atoms with van der Waals surface area (Å²) in [4.78, 5) is 12.0. The van der Waals surface area contributed by atoms with Gasteiger partial charge < -0.3 is 14.6 Å². The largest absolute Gasteiger partial charge is 0.506 e. The molecule has 0 saturated heterocycles. The number of nitrogens with zero attached hydrogens (tertiary/aromatic N) is 3. The molecule has 2 aromatic rings. The molecule has 7 nitrogen and oxygen atoms in total. The molecule has 2 rings (SSSR count). The van der Waals surface area contributed by atoms with E-state index in [0.29, 0.717) is 17.2 Å². The van der Waals surface area contributed by atoms with Crippen molar-refractivity contribution in [2.24, 2.45) is 0 Å². The molecule has 0 spiro atoms. The zero-order chi connectivity index (χ0) is 15.4. The molecular weight excluding hydrogens is 274 g/mol. The molecule has 0 saturated carbocycles. The summed E-state index contributed by atoms with van der Waals surface area (Å²) in [6, 6.07) is 7.80. The van der Waals surface area contributed by atoms with Gasteiger partial charge in [-0.15, -0.1) is 0 Å². The highest BCUT2D eigenvalue weighted by Crippen LogP contribution is 2.26. The van der Waals surface area contributed by atoms with Gasteiger partial charge in [0.15, 0.2) is 0 Å². The molecule has 21 heavy (non-hydrogen) atoms. The van der Waals surface area contributed by atoms with Gasteiger partial charge in [-0.2, -0.15) is 15.0 Å². The van der Waals surface area contributed by atoms with E-state index in [9.17, 15) is 9.90 Å². The van der Waals surface area contributed by atoms with Gasteiger partial charge in [-0.1, -0.05) is 0 Å². The second-order valence-electron chi connectivity index (χ2n) is 4.10. The topological polar surface area (TPSA) is 97.4 Å². The molecule has 1 heterocycles. The summed E-state index contributed by atoms with van der Waals surface area (Å²) in [6.45, 7) is 0. The van der Waals surface area contributed by atoms with Crippen molar-refractivity contribution >= 4 is 0 Å². The van der Waals surface area contributed by atoms with Crippen molar-refractivity contribution in [2.75, 3.05) is 14.2 Å². The number of nitriles is 1. The lowest BCUT2D eigenvalue weighted by Gasteiger charge is -2.12. The van der Waals surface area contributed by atoms with Crippen LogP contribution in [0.4, 0.5) is 0 Å². The fourth-order valence-corrected chi connectivity index (χ4v) is 1.82. The maximum absolute atomic E-state index is 12.0. The first kappa shape index (κ1) is 14.4. The van der Waals surface area contributed by atoms with Gasteiger partial charge in [0.25, 0.3) is 5.56 Å². The number of aromatic nitrogens is 2. The fourth-order valence-electron chi connectivity index (χ4n) is 1.82. The van der Waals surface area contributed by atoms with Crippen molar-refractivity contribution in [1.29, 1.82) is 5.26 Å². The van der Waals surface area contributed by atoms with E-state index < -0.39 is 5.56 Å². The molecule has 1 aromatic carbocycles. The number of aromatic hydroxyl groups is 1. The van der Waals surface area contributed by atoms with Crippen LogP contribution in [0.5, 0.6) is 17.2 Å². The van der Waals surface area contributed by atoms with Crippen LogP contribution in [0.3, 0.4) is 0 Å². The Balaban J connectivity index is 2.69. The van der Waals surface area contributed by atoms with E-state index in [1.165, 1.54) is 14.2 Å². The molecule has 0 aliphatic carbocycles. The standard InChI is InChI=1S/C14H13N3O4/c1-20-9-3-4-13(21-2)11(7-9)17-14(19)8-12(18)10(16-17)5-6-15/h3-4,7-8,18H,5H2,1-2H3. The first-order chi connectivity index (χ1) is 10.1. The van der Waals surface area contributed by atoms with Crippen molar-refractivity contribution in [3.05, 3.63) is 40.3 Å². The maximum Gasteiger partial charge on any atom is 0.275 e. The van der Waals surface area contributed by atoms with Gasteiger partial charge >= 0.3 is 0 Å². The summed E-state index contributed by atoms with van der Waals surface area (Å²) in [5, 5.41) is 22.4. The number of hydrogen-bond donors (Lipinski definition) is 1. The van der Waals surface area contributed by atoms with Crippen LogP contribution in [0.25, 0.3) is 5.69 Å². The number of ether oxygens (including phenoxy) is 2. The molecular formula is C14H13N3O4. The quantitative estimate of drug-likeness (QED) is 0.901. The average molecular weight is 287 g/mol. The zero-order valence-corrected chi connectivity index (χ0v) is 11.5. The Morgan fingerprint density at radius 1 is 1.33 bits per heavy atom. The van der Waals surface area contributed by atoms with Crippen LogP contribution in [0.1, 0.15) is 5.69 Å². The summed E-state index contributed by atoms with van der Waals surface area (Å²) in [7, 11) is 2.96. The van der Waals surface area contributed by atoms with Crippen molar-refractivity contribution in [3.63, 3.8) is 0 Å². The first-order valence-electron chi connectivity index (χ1n) is 6.02. The van der Waals surface area contributed by atoms with E-state index >= 15 is 0 Å². The van der Waals surface area contributed by atoms with Crippen LogP contribution in [-0.2, 0) is 6.42 Å². The van der Waals surface area contributed by atoms with E-state index in [4.69, 9.17) is 14.7 Å². The van der Waals surface area contributed by atoms with Crippen molar-refractivity contribution < 1.29 is 14.6 Å². The highest BCUT2D eigenvalue weighted by molar-refractivity contribution is 5.51. The number of rotatable bonds is 4. The van der Waals surface area contributed by atoms with Crippen LogP contribution in [0.2, 0.25) is 0 Å². The van der Waals surface area contributed by atoms with Gasteiger partial charge in [-0.25, -0.2) is 0 Å². The summed E-state index contributed by atoms with van der Waals surface area (Å²) in [6.07, 6.45) is -0.113. The zero-order valence-electron chi connectivity index (χ0n) is 11.5. The van der Waals surface area contributed by atoms with Crippen LogP contribution >= 0.6 is 0 Å². The third kappa shape index (κ3) is 2.79. The van der Waals surface area contributed by atoms with Crippen molar-refractivity contribution in [3.8, 4) is 29.0 Å². The third-order valence-electron chi connectivity index (χ3n) is 2.85. The molecule has 0 aliphatic rings. The van der Waals surface area contributed by atoms with E-state index in [1.807, 2.05) is 6.07 Å². The number of benzene rings is 1. The molecule has 0 unspecified atom stereocenters. The molecule has 108 valence electrons. The van der Waals surface area contributed by atoms with Gasteiger partial charge in [0, 0.05) is 12.1 Å². The maximum atomic E-state index is 12.0. The summed E-state index contributed by atoms with van der Waals surface area (Å²) >= 11 is 0. The molecule has 0 aliphatic heterocycles. The molecule has 0 bridgehead atoms. The highest BCUT2D eigenvalue weighted by atomic mass is 16.5. The smallest absolute Gasteiger partial charge is 0.275 e. The van der Waals surface area contributed by atoms with Crippen LogP contribution < -0.4 is 15.0 Å². The number of methoxy groups -OCH3 is 2. The van der Waals surface area contributed by atoms with E-state index in [1.54, 1.807) is 18.2 Å². The molecule has 1 aromatic heterocycles. The van der Waals surface area contributed by atoms with Gasteiger partial charge in [-0.3, -0.25) is 4.79 Å². The first-order valence-corrected chi connectivity index (χ1v) is 6.02. The second-order valence-corrected chi connectivity index (χ2v) is 4.10. The van der Waals surface area contributed by atoms with Crippen LogP contribution in [0, 0.1) is 11.3 Å². The minimum absolute atomic E-state index is 0.113. The SMILES string of the molecule is COc1ccc(OC)c(-n2nc(CC#N)c(O)cc2=O)c1. The Morgan fingerprint density at radius 2 is 2.10 bits per heavy atom.